The molecule has 0 amide bonds. The second kappa shape index (κ2) is 6.46. The van der Waals surface area contributed by atoms with E-state index in [2.05, 4.69) is 11.8 Å². The van der Waals surface area contributed by atoms with Crippen LogP contribution in [0.4, 0.5) is 0 Å². The first-order valence-corrected chi connectivity index (χ1v) is 6.14. The summed E-state index contributed by atoms with van der Waals surface area (Å²) in [6.45, 7) is 6.24. The molecule has 0 radical (unpaired) electrons. The van der Waals surface area contributed by atoms with Gasteiger partial charge in [0.2, 0.25) is 0 Å². The van der Waals surface area contributed by atoms with E-state index in [0.717, 1.165) is 58.3 Å². The molecule has 1 aliphatic rings. The number of rotatable bonds is 5. The normalized spacial score (nSPS) is 29.0. The van der Waals surface area contributed by atoms with Gasteiger partial charge in [-0.25, -0.2) is 0 Å². The minimum Gasteiger partial charge on any atom is -0.390 e. The van der Waals surface area contributed by atoms with Gasteiger partial charge in [0.15, 0.2) is 0 Å². The molecule has 1 unspecified atom stereocenters. The van der Waals surface area contributed by atoms with E-state index in [4.69, 9.17) is 4.74 Å². The topological polar surface area (TPSA) is 32.7 Å². The average Bonchev–Trinajstić information content (AvgIpc) is 2.41. The van der Waals surface area contributed by atoms with Crippen LogP contribution in [0.15, 0.2) is 0 Å². The van der Waals surface area contributed by atoms with Crippen LogP contribution < -0.4 is 0 Å². The number of likely N-dealkylation sites (tertiary alicyclic amines) is 1. The summed E-state index contributed by atoms with van der Waals surface area (Å²) in [5, 5.41) is 10.4. The zero-order valence-corrected chi connectivity index (χ0v) is 10.2. The highest BCUT2D eigenvalue weighted by Gasteiger charge is 2.28. The molecular formula is C12H25NO2. The molecule has 15 heavy (non-hydrogen) atoms. The highest BCUT2D eigenvalue weighted by Crippen LogP contribution is 2.26. The first-order chi connectivity index (χ1) is 7.20. The molecule has 1 fully saturated rings. The molecule has 1 heterocycles. The molecule has 1 saturated heterocycles. The van der Waals surface area contributed by atoms with Gasteiger partial charge in [0.05, 0.1) is 5.60 Å². The molecule has 1 N–H and O–H groups in total. The average molecular weight is 215 g/mol. The Bertz CT molecular complexity index is 175. The first kappa shape index (κ1) is 12.9. The van der Waals surface area contributed by atoms with Crippen molar-refractivity contribution in [3.63, 3.8) is 0 Å². The Labute approximate surface area is 93.4 Å². The lowest BCUT2D eigenvalue weighted by atomic mass is 9.90. The number of aliphatic hydroxyl groups is 1. The molecule has 1 atom stereocenters. The van der Waals surface area contributed by atoms with Crippen LogP contribution in [0.2, 0.25) is 0 Å². The largest absolute Gasteiger partial charge is 0.390 e. The van der Waals surface area contributed by atoms with Gasteiger partial charge in [0, 0.05) is 20.3 Å². The summed E-state index contributed by atoms with van der Waals surface area (Å²) in [6.07, 6.45) is 4.85. The van der Waals surface area contributed by atoms with E-state index in [1.807, 2.05) is 0 Å². The lowest BCUT2D eigenvalue weighted by molar-refractivity contribution is 0.00929. The third-order valence-electron chi connectivity index (χ3n) is 3.45. The first-order valence-electron chi connectivity index (χ1n) is 6.14. The second-order valence-corrected chi connectivity index (χ2v) is 4.61. The maximum atomic E-state index is 10.4. The van der Waals surface area contributed by atoms with E-state index in [-0.39, 0.29) is 0 Å². The van der Waals surface area contributed by atoms with Crippen LogP contribution >= 0.6 is 0 Å². The van der Waals surface area contributed by atoms with Crippen LogP contribution in [-0.4, -0.2) is 49.0 Å². The molecule has 0 aromatic rings. The van der Waals surface area contributed by atoms with Gasteiger partial charge in [-0.1, -0.05) is 6.92 Å². The van der Waals surface area contributed by atoms with Crippen molar-refractivity contribution in [1.29, 1.82) is 0 Å². The lowest BCUT2D eigenvalue weighted by Crippen LogP contribution is -2.31. The van der Waals surface area contributed by atoms with Crippen molar-refractivity contribution >= 4 is 0 Å². The van der Waals surface area contributed by atoms with Gasteiger partial charge in [-0.15, -0.1) is 0 Å². The molecule has 3 nitrogen and oxygen atoms in total. The number of hydrogen-bond acceptors (Lipinski definition) is 3. The van der Waals surface area contributed by atoms with E-state index in [1.165, 1.54) is 0 Å². The number of ether oxygens (including phenoxy) is 1. The highest BCUT2D eigenvalue weighted by atomic mass is 16.5. The maximum Gasteiger partial charge on any atom is 0.0661 e. The van der Waals surface area contributed by atoms with Gasteiger partial charge < -0.3 is 14.7 Å². The van der Waals surface area contributed by atoms with Gasteiger partial charge in [-0.05, 0) is 45.2 Å². The quantitative estimate of drug-likeness (QED) is 0.708. The van der Waals surface area contributed by atoms with Gasteiger partial charge in [-0.2, -0.15) is 0 Å². The van der Waals surface area contributed by atoms with Gasteiger partial charge in [0.25, 0.3) is 0 Å². The molecule has 0 bridgehead atoms. The standard InChI is InChI=1S/C12H25NO2/c1-3-13-9-4-6-12(14,8-10-13)7-5-11-15-2/h14H,3-11H2,1-2H3. The highest BCUT2D eigenvalue weighted by molar-refractivity contribution is 4.83. The van der Waals surface area contributed by atoms with Crippen molar-refractivity contribution in [1.82, 2.24) is 4.90 Å². The zero-order valence-electron chi connectivity index (χ0n) is 10.2. The van der Waals surface area contributed by atoms with Crippen molar-refractivity contribution in [2.45, 2.75) is 44.6 Å². The number of nitrogens with zero attached hydrogens (tertiary/aromatic N) is 1. The molecule has 0 aromatic carbocycles. The predicted molar refractivity (Wildman–Crippen MR) is 62.0 cm³/mol. The summed E-state index contributed by atoms with van der Waals surface area (Å²) < 4.78 is 5.03. The number of hydrogen-bond donors (Lipinski definition) is 1. The van der Waals surface area contributed by atoms with E-state index >= 15 is 0 Å². The van der Waals surface area contributed by atoms with Crippen LogP contribution in [-0.2, 0) is 4.74 Å². The van der Waals surface area contributed by atoms with E-state index in [9.17, 15) is 5.11 Å². The lowest BCUT2D eigenvalue weighted by Gasteiger charge is -2.26. The minimum absolute atomic E-state index is 0.428. The summed E-state index contributed by atoms with van der Waals surface area (Å²) >= 11 is 0. The Balaban J connectivity index is 2.33. The second-order valence-electron chi connectivity index (χ2n) is 4.61. The van der Waals surface area contributed by atoms with E-state index in [0.29, 0.717) is 0 Å². The van der Waals surface area contributed by atoms with Crippen LogP contribution in [0.5, 0.6) is 0 Å². The smallest absolute Gasteiger partial charge is 0.0661 e. The Morgan fingerprint density at radius 3 is 2.80 bits per heavy atom. The predicted octanol–water partition coefficient (Wildman–Crippen LogP) is 1.65. The molecule has 0 saturated carbocycles. The minimum atomic E-state index is -0.428. The van der Waals surface area contributed by atoms with Crippen molar-refractivity contribution in [2.75, 3.05) is 33.4 Å². The van der Waals surface area contributed by atoms with Gasteiger partial charge >= 0.3 is 0 Å². The van der Waals surface area contributed by atoms with Crippen LogP contribution in [0.3, 0.4) is 0 Å². The van der Waals surface area contributed by atoms with Crippen molar-refractivity contribution in [3.8, 4) is 0 Å². The fraction of sp³-hybridized carbons (Fsp3) is 1.00. The summed E-state index contributed by atoms with van der Waals surface area (Å²) in [4.78, 5) is 2.42. The summed E-state index contributed by atoms with van der Waals surface area (Å²) in [5.74, 6) is 0. The van der Waals surface area contributed by atoms with Crippen LogP contribution in [0.1, 0.15) is 39.0 Å². The van der Waals surface area contributed by atoms with Gasteiger partial charge in [0.1, 0.15) is 0 Å². The molecular weight excluding hydrogens is 190 g/mol. The molecule has 0 spiro atoms. The van der Waals surface area contributed by atoms with Crippen molar-refractivity contribution < 1.29 is 9.84 Å². The molecule has 90 valence electrons. The summed E-state index contributed by atoms with van der Waals surface area (Å²) in [6, 6.07) is 0. The third kappa shape index (κ3) is 4.49. The van der Waals surface area contributed by atoms with E-state index in [1.54, 1.807) is 7.11 Å². The Morgan fingerprint density at radius 2 is 2.13 bits per heavy atom. The van der Waals surface area contributed by atoms with E-state index < -0.39 is 5.60 Å². The molecule has 1 rings (SSSR count). The fourth-order valence-corrected chi connectivity index (χ4v) is 2.35. The number of methoxy groups -OCH3 is 1. The van der Waals surface area contributed by atoms with Crippen LogP contribution in [0.25, 0.3) is 0 Å². The molecule has 3 heteroatoms. The zero-order chi connectivity index (χ0) is 11.1. The van der Waals surface area contributed by atoms with Gasteiger partial charge in [-0.3, -0.25) is 0 Å². The maximum absolute atomic E-state index is 10.4. The summed E-state index contributed by atoms with van der Waals surface area (Å²) in [7, 11) is 1.72. The molecule has 0 aliphatic carbocycles. The SMILES string of the molecule is CCN1CCCC(O)(CCCOC)CC1. The molecule has 0 aromatic heterocycles. The third-order valence-corrected chi connectivity index (χ3v) is 3.45. The van der Waals surface area contributed by atoms with Crippen LogP contribution in [0, 0.1) is 0 Å². The Kier molecular flexibility index (Phi) is 5.58. The summed E-state index contributed by atoms with van der Waals surface area (Å²) in [5.41, 5.74) is -0.428. The fourth-order valence-electron chi connectivity index (χ4n) is 2.35. The van der Waals surface area contributed by atoms with Crippen molar-refractivity contribution in [2.24, 2.45) is 0 Å². The Hall–Kier alpha value is -0.120. The van der Waals surface area contributed by atoms with Crippen molar-refractivity contribution in [3.05, 3.63) is 0 Å². The molecule has 1 aliphatic heterocycles. The monoisotopic (exact) mass is 215 g/mol. The Morgan fingerprint density at radius 1 is 1.33 bits per heavy atom.